The molecule has 0 radical (unpaired) electrons. The first-order chi connectivity index (χ1) is 8.49. The average Bonchev–Trinajstić information content (AvgIpc) is 2.31. The number of rotatable bonds is 10. The second kappa shape index (κ2) is 9.92. The molecular weight excluding hydrogens is 228 g/mol. The van der Waals surface area contributed by atoms with Gasteiger partial charge < -0.3 is 11.1 Å². The molecular formula is C14H28N2O2. The molecule has 0 spiro atoms. The number of primary amides is 1. The predicted molar refractivity (Wildman–Crippen MR) is 74.0 cm³/mol. The maximum absolute atomic E-state index is 11.5. The van der Waals surface area contributed by atoms with E-state index in [0.29, 0.717) is 6.42 Å². The summed E-state index contributed by atoms with van der Waals surface area (Å²) in [7, 11) is 0. The van der Waals surface area contributed by atoms with Crippen molar-refractivity contribution in [2.75, 3.05) is 0 Å². The van der Waals surface area contributed by atoms with Gasteiger partial charge in [-0.3, -0.25) is 9.59 Å². The van der Waals surface area contributed by atoms with Crippen LogP contribution in [-0.4, -0.2) is 17.9 Å². The van der Waals surface area contributed by atoms with Crippen molar-refractivity contribution in [3.63, 3.8) is 0 Å². The van der Waals surface area contributed by atoms with Crippen LogP contribution in [0.15, 0.2) is 0 Å². The van der Waals surface area contributed by atoms with E-state index < -0.39 is 11.9 Å². The van der Waals surface area contributed by atoms with Gasteiger partial charge >= 0.3 is 0 Å². The molecule has 2 amide bonds. The highest BCUT2D eigenvalue weighted by Gasteiger charge is 2.18. The van der Waals surface area contributed by atoms with E-state index in [1.165, 1.54) is 25.7 Å². The zero-order chi connectivity index (χ0) is 14.0. The summed E-state index contributed by atoms with van der Waals surface area (Å²) in [6, 6.07) is -0.508. The zero-order valence-electron chi connectivity index (χ0n) is 12.0. The largest absolute Gasteiger partial charge is 0.368 e. The summed E-state index contributed by atoms with van der Waals surface area (Å²) in [5.74, 6) is -0.654. The zero-order valence-corrected chi connectivity index (χ0v) is 12.0. The Labute approximate surface area is 111 Å². The summed E-state index contributed by atoms with van der Waals surface area (Å²) in [6.07, 6.45) is 7.63. The lowest BCUT2D eigenvalue weighted by Crippen LogP contribution is -2.45. The molecule has 0 heterocycles. The van der Waals surface area contributed by atoms with Crippen molar-refractivity contribution in [1.29, 1.82) is 0 Å². The Hall–Kier alpha value is -1.06. The van der Waals surface area contributed by atoms with Crippen molar-refractivity contribution in [3.05, 3.63) is 0 Å². The van der Waals surface area contributed by atoms with Crippen molar-refractivity contribution < 1.29 is 9.59 Å². The highest BCUT2D eigenvalue weighted by molar-refractivity contribution is 5.87. The first kappa shape index (κ1) is 16.9. The summed E-state index contributed by atoms with van der Waals surface area (Å²) in [6.45, 7) is 5.79. The molecule has 106 valence electrons. The van der Waals surface area contributed by atoms with Gasteiger partial charge in [0.2, 0.25) is 11.8 Å². The molecule has 0 rings (SSSR count). The van der Waals surface area contributed by atoms with Gasteiger partial charge in [0.25, 0.3) is 0 Å². The molecule has 18 heavy (non-hydrogen) atoms. The topological polar surface area (TPSA) is 72.2 Å². The van der Waals surface area contributed by atoms with Crippen molar-refractivity contribution in [3.8, 4) is 0 Å². The fourth-order valence-electron chi connectivity index (χ4n) is 1.75. The molecule has 0 fully saturated rings. The van der Waals surface area contributed by atoms with E-state index in [1.807, 2.05) is 0 Å². The van der Waals surface area contributed by atoms with E-state index in [4.69, 9.17) is 5.73 Å². The minimum absolute atomic E-state index is 0.107. The Bertz CT molecular complexity index is 252. The van der Waals surface area contributed by atoms with Gasteiger partial charge in [0, 0.05) is 5.92 Å². The highest BCUT2D eigenvalue weighted by Crippen LogP contribution is 2.09. The third kappa shape index (κ3) is 8.09. The normalized spacial score (nSPS) is 12.4. The molecule has 0 unspecified atom stereocenters. The van der Waals surface area contributed by atoms with Gasteiger partial charge in [0.15, 0.2) is 0 Å². The maximum Gasteiger partial charge on any atom is 0.239 e. The summed E-state index contributed by atoms with van der Waals surface area (Å²) >= 11 is 0. The Morgan fingerprint density at radius 3 is 2.11 bits per heavy atom. The summed E-state index contributed by atoms with van der Waals surface area (Å²) in [5.41, 5.74) is 5.29. The fourth-order valence-corrected chi connectivity index (χ4v) is 1.75. The van der Waals surface area contributed by atoms with Crippen LogP contribution in [0.25, 0.3) is 0 Å². The molecule has 0 aliphatic rings. The van der Waals surface area contributed by atoms with Crippen LogP contribution >= 0.6 is 0 Å². The average molecular weight is 256 g/mol. The van der Waals surface area contributed by atoms with Crippen LogP contribution in [0.1, 0.15) is 65.7 Å². The first-order valence-corrected chi connectivity index (χ1v) is 7.08. The molecule has 0 saturated heterocycles. The van der Waals surface area contributed by atoms with Gasteiger partial charge in [-0.1, -0.05) is 59.3 Å². The molecule has 0 aliphatic carbocycles. The van der Waals surface area contributed by atoms with Crippen LogP contribution in [0.5, 0.6) is 0 Å². The Morgan fingerprint density at radius 2 is 1.61 bits per heavy atom. The number of amides is 2. The summed E-state index contributed by atoms with van der Waals surface area (Å²) in [4.78, 5) is 22.7. The molecule has 0 aromatic carbocycles. The first-order valence-electron chi connectivity index (χ1n) is 7.08. The van der Waals surface area contributed by atoms with Crippen molar-refractivity contribution in [2.24, 2.45) is 11.7 Å². The van der Waals surface area contributed by atoms with Crippen molar-refractivity contribution >= 4 is 11.8 Å². The van der Waals surface area contributed by atoms with Gasteiger partial charge in [0.05, 0.1) is 0 Å². The molecule has 0 aromatic heterocycles. The number of nitrogens with two attached hydrogens (primary N) is 1. The van der Waals surface area contributed by atoms with E-state index in [2.05, 4.69) is 12.2 Å². The lowest BCUT2D eigenvalue weighted by Gasteiger charge is -2.16. The molecule has 4 heteroatoms. The van der Waals surface area contributed by atoms with Crippen molar-refractivity contribution in [1.82, 2.24) is 5.32 Å². The molecule has 3 N–H and O–H groups in total. The molecule has 0 bridgehead atoms. The molecule has 0 saturated carbocycles. The predicted octanol–water partition coefficient (Wildman–Crippen LogP) is 2.36. The minimum Gasteiger partial charge on any atom is -0.368 e. The Kier molecular flexibility index (Phi) is 9.33. The van der Waals surface area contributed by atoms with Crippen LogP contribution in [0.2, 0.25) is 0 Å². The SMILES string of the molecule is CCCCCCCC[C@@H](NC(=O)C(C)C)C(N)=O. The summed E-state index contributed by atoms with van der Waals surface area (Å²) in [5, 5.41) is 2.70. The van der Waals surface area contributed by atoms with Crippen molar-refractivity contribution in [2.45, 2.75) is 71.8 Å². The Morgan fingerprint density at radius 1 is 1.06 bits per heavy atom. The monoisotopic (exact) mass is 256 g/mol. The fraction of sp³-hybridized carbons (Fsp3) is 0.857. The summed E-state index contributed by atoms with van der Waals surface area (Å²) < 4.78 is 0. The van der Waals surface area contributed by atoms with Gasteiger partial charge in [-0.2, -0.15) is 0 Å². The van der Waals surface area contributed by atoms with Crippen LogP contribution in [0, 0.1) is 5.92 Å². The second-order valence-electron chi connectivity index (χ2n) is 5.17. The van der Waals surface area contributed by atoms with Crippen LogP contribution in [0.4, 0.5) is 0 Å². The van der Waals surface area contributed by atoms with E-state index in [9.17, 15) is 9.59 Å². The smallest absolute Gasteiger partial charge is 0.239 e. The second-order valence-corrected chi connectivity index (χ2v) is 5.17. The lowest BCUT2D eigenvalue weighted by molar-refractivity contribution is -0.129. The standard InChI is InChI=1S/C14H28N2O2/c1-4-5-6-7-8-9-10-12(13(15)17)16-14(18)11(2)3/h11-12H,4-10H2,1-3H3,(H2,15,17)(H,16,18)/t12-/m1/s1. The van der Waals surface area contributed by atoms with Crippen LogP contribution < -0.4 is 11.1 Å². The van der Waals surface area contributed by atoms with E-state index in [0.717, 1.165) is 12.8 Å². The number of carbonyl (C=O) groups excluding carboxylic acids is 2. The van der Waals surface area contributed by atoms with Gasteiger partial charge in [-0.05, 0) is 6.42 Å². The van der Waals surface area contributed by atoms with E-state index >= 15 is 0 Å². The quantitative estimate of drug-likeness (QED) is 0.589. The molecule has 4 nitrogen and oxygen atoms in total. The van der Waals surface area contributed by atoms with Gasteiger partial charge in [0.1, 0.15) is 6.04 Å². The van der Waals surface area contributed by atoms with Gasteiger partial charge in [-0.15, -0.1) is 0 Å². The van der Waals surface area contributed by atoms with Crippen LogP contribution in [0.3, 0.4) is 0 Å². The van der Waals surface area contributed by atoms with E-state index in [-0.39, 0.29) is 11.8 Å². The van der Waals surface area contributed by atoms with Gasteiger partial charge in [-0.25, -0.2) is 0 Å². The Balaban J connectivity index is 3.84. The van der Waals surface area contributed by atoms with Crippen LogP contribution in [-0.2, 0) is 9.59 Å². The third-order valence-corrected chi connectivity index (χ3v) is 3.03. The number of nitrogens with one attached hydrogen (secondary N) is 1. The number of unbranched alkanes of at least 4 members (excludes halogenated alkanes) is 5. The molecule has 0 aliphatic heterocycles. The number of hydrogen-bond donors (Lipinski definition) is 2. The highest BCUT2D eigenvalue weighted by atomic mass is 16.2. The molecule has 1 atom stereocenters. The third-order valence-electron chi connectivity index (χ3n) is 3.03. The number of hydrogen-bond acceptors (Lipinski definition) is 2. The number of carbonyl (C=O) groups is 2. The molecule has 0 aromatic rings. The minimum atomic E-state index is -0.508. The maximum atomic E-state index is 11.5. The lowest BCUT2D eigenvalue weighted by atomic mass is 10.0. The van der Waals surface area contributed by atoms with E-state index in [1.54, 1.807) is 13.8 Å².